The highest BCUT2D eigenvalue weighted by atomic mass is 32.2. The van der Waals surface area contributed by atoms with E-state index in [4.69, 9.17) is 10.7 Å². The van der Waals surface area contributed by atoms with Gasteiger partial charge in [-0.1, -0.05) is 31.0 Å². The molecule has 3 rings (SSSR count). The van der Waals surface area contributed by atoms with Gasteiger partial charge in [-0.05, 0) is 43.9 Å². The fourth-order valence-corrected chi connectivity index (χ4v) is 4.23. The van der Waals surface area contributed by atoms with E-state index < -0.39 is 0 Å². The highest BCUT2D eigenvalue weighted by Crippen LogP contribution is 2.36. The third-order valence-corrected chi connectivity index (χ3v) is 5.27. The Morgan fingerprint density at radius 1 is 1.30 bits per heavy atom. The molecule has 1 saturated carbocycles. The zero-order chi connectivity index (χ0) is 13.9. The van der Waals surface area contributed by atoms with Gasteiger partial charge < -0.3 is 5.73 Å². The molecule has 1 unspecified atom stereocenters. The standard InChI is InChI=1S/C17H22N2S/c1-12(18)10-14-11-13-6-2-5-9-16(13)19-17(14)20-15-7-3-4-8-15/h2,5-6,9,11-12,15H,3-4,7-8,10,18H2,1H3. The van der Waals surface area contributed by atoms with Crippen molar-refractivity contribution < 1.29 is 0 Å². The van der Waals surface area contributed by atoms with Crippen LogP contribution in [-0.4, -0.2) is 16.3 Å². The quantitative estimate of drug-likeness (QED) is 0.917. The number of benzene rings is 1. The lowest BCUT2D eigenvalue weighted by molar-refractivity contribution is 0.724. The van der Waals surface area contributed by atoms with Crippen molar-refractivity contribution in [2.24, 2.45) is 5.73 Å². The second-order valence-electron chi connectivity index (χ2n) is 5.85. The third kappa shape index (κ3) is 3.15. The number of nitrogens with two attached hydrogens (primary N) is 1. The van der Waals surface area contributed by atoms with E-state index in [2.05, 4.69) is 37.3 Å². The summed E-state index contributed by atoms with van der Waals surface area (Å²) in [5.41, 5.74) is 8.42. The van der Waals surface area contributed by atoms with Crippen LogP contribution in [0.2, 0.25) is 0 Å². The number of nitrogens with zero attached hydrogens (tertiary/aromatic N) is 1. The molecule has 0 amide bonds. The van der Waals surface area contributed by atoms with E-state index in [0.717, 1.165) is 17.2 Å². The van der Waals surface area contributed by atoms with Crippen LogP contribution < -0.4 is 5.73 Å². The summed E-state index contributed by atoms with van der Waals surface area (Å²) in [4.78, 5) is 4.90. The Labute approximate surface area is 125 Å². The Balaban J connectivity index is 1.96. The molecule has 1 aliphatic rings. The van der Waals surface area contributed by atoms with Gasteiger partial charge in [0.1, 0.15) is 5.03 Å². The topological polar surface area (TPSA) is 38.9 Å². The van der Waals surface area contributed by atoms with Crippen molar-refractivity contribution in [2.45, 2.75) is 55.3 Å². The Hall–Kier alpha value is -1.06. The molecule has 1 aliphatic carbocycles. The van der Waals surface area contributed by atoms with Gasteiger partial charge in [0.05, 0.1) is 5.52 Å². The van der Waals surface area contributed by atoms with Crippen molar-refractivity contribution in [3.63, 3.8) is 0 Å². The van der Waals surface area contributed by atoms with Gasteiger partial charge >= 0.3 is 0 Å². The summed E-state index contributed by atoms with van der Waals surface area (Å²) >= 11 is 1.97. The molecule has 2 aromatic rings. The molecule has 2 N–H and O–H groups in total. The summed E-state index contributed by atoms with van der Waals surface area (Å²) in [6, 6.07) is 10.8. The maximum atomic E-state index is 6.01. The molecule has 0 saturated heterocycles. The number of aromatic nitrogens is 1. The highest BCUT2D eigenvalue weighted by Gasteiger charge is 2.19. The predicted octanol–water partition coefficient (Wildman–Crippen LogP) is 4.16. The first-order valence-electron chi connectivity index (χ1n) is 7.53. The van der Waals surface area contributed by atoms with E-state index in [9.17, 15) is 0 Å². The van der Waals surface area contributed by atoms with Gasteiger partial charge in [0.2, 0.25) is 0 Å². The minimum Gasteiger partial charge on any atom is -0.328 e. The molecule has 1 fully saturated rings. The van der Waals surface area contributed by atoms with Crippen LogP contribution in [0, 0.1) is 0 Å². The summed E-state index contributed by atoms with van der Waals surface area (Å²) in [5.74, 6) is 0. The van der Waals surface area contributed by atoms with Crippen LogP contribution in [0.4, 0.5) is 0 Å². The molecule has 0 aliphatic heterocycles. The zero-order valence-corrected chi connectivity index (χ0v) is 12.8. The minimum atomic E-state index is 0.181. The normalized spacial score (nSPS) is 17.7. The van der Waals surface area contributed by atoms with Crippen LogP contribution in [0.15, 0.2) is 35.4 Å². The van der Waals surface area contributed by atoms with Gasteiger partial charge in [-0.2, -0.15) is 0 Å². The summed E-state index contributed by atoms with van der Waals surface area (Å²) in [7, 11) is 0. The molecule has 1 aromatic carbocycles. The lowest BCUT2D eigenvalue weighted by Gasteiger charge is -2.15. The Kier molecular flexibility index (Phi) is 4.27. The third-order valence-electron chi connectivity index (χ3n) is 3.89. The van der Waals surface area contributed by atoms with Gasteiger partial charge in [-0.3, -0.25) is 0 Å². The van der Waals surface area contributed by atoms with Gasteiger partial charge in [0, 0.05) is 16.7 Å². The second-order valence-corrected chi connectivity index (χ2v) is 7.14. The average Bonchev–Trinajstić information content (AvgIpc) is 2.92. The van der Waals surface area contributed by atoms with Crippen LogP contribution >= 0.6 is 11.8 Å². The Bertz CT molecular complexity index is 589. The van der Waals surface area contributed by atoms with E-state index in [1.807, 2.05) is 11.8 Å². The van der Waals surface area contributed by atoms with Crippen molar-refractivity contribution >= 4 is 22.7 Å². The van der Waals surface area contributed by atoms with E-state index >= 15 is 0 Å². The maximum absolute atomic E-state index is 6.01. The fraction of sp³-hybridized carbons (Fsp3) is 0.471. The molecule has 1 heterocycles. The fourth-order valence-electron chi connectivity index (χ4n) is 2.90. The molecule has 2 nitrogen and oxygen atoms in total. The number of rotatable bonds is 4. The molecule has 0 bridgehead atoms. The first-order chi connectivity index (χ1) is 9.72. The van der Waals surface area contributed by atoms with Crippen LogP contribution in [-0.2, 0) is 6.42 Å². The van der Waals surface area contributed by atoms with Crippen molar-refractivity contribution in [1.29, 1.82) is 0 Å². The van der Waals surface area contributed by atoms with Crippen molar-refractivity contribution in [1.82, 2.24) is 4.98 Å². The van der Waals surface area contributed by atoms with Gasteiger partial charge in [0.15, 0.2) is 0 Å². The summed E-state index contributed by atoms with van der Waals surface area (Å²) in [5, 5.41) is 3.17. The number of pyridine rings is 1. The van der Waals surface area contributed by atoms with Crippen LogP contribution in [0.25, 0.3) is 10.9 Å². The predicted molar refractivity (Wildman–Crippen MR) is 87.2 cm³/mol. The van der Waals surface area contributed by atoms with Gasteiger partial charge in [0.25, 0.3) is 0 Å². The molecule has 106 valence electrons. The smallest absolute Gasteiger partial charge is 0.100 e. The monoisotopic (exact) mass is 286 g/mol. The lowest BCUT2D eigenvalue weighted by Crippen LogP contribution is -2.18. The largest absolute Gasteiger partial charge is 0.328 e. The lowest BCUT2D eigenvalue weighted by atomic mass is 10.1. The van der Waals surface area contributed by atoms with E-state index in [0.29, 0.717) is 0 Å². The molecular weight excluding hydrogens is 264 g/mol. The van der Waals surface area contributed by atoms with Gasteiger partial charge in [-0.15, -0.1) is 11.8 Å². The number of hydrogen-bond donors (Lipinski definition) is 1. The minimum absolute atomic E-state index is 0.181. The van der Waals surface area contributed by atoms with Crippen LogP contribution in [0.1, 0.15) is 38.2 Å². The number of hydrogen-bond acceptors (Lipinski definition) is 3. The van der Waals surface area contributed by atoms with E-state index in [1.165, 1.54) is 41.7 Å². The van der Waals surface area contributed by atoms with Crippen molar-refractivity contribution in [3.05, 3.63) is 35.9 Å². The Morgan fingerprint density at radius 3 is 2.80 bits per heavy atom. The van der Waals surface area contributed by atoms with E-state index in [1.54, 1.807) is 0 Å². The highest BCUT2D eigenvalue weighted by molar-refractivity contribution is 7.99. The second kappa shape index (κ2) is 6.15. The van der Waals surface area contributed by atoms with Crippen LogP contribution in [0.3, 0.4) is 0 Å². The molecular formula is C17H22N2S. The van der Waals surface area contributed by atoms with E-state index in [-0.39, 0.29) is 6.04 Å². The summed E-state index contributed by atoms with van der Waals surface area (Å²) in [6.45, 7) is 2.07. The number of para-hydroxylation sites is 1. The number of thioether (sulfide) groups is 1. The van der Waals surface area contributed by atoms with Crippen LogP contribution in [0.5, 0.6) is 0 Å². The first kappa shape index (κ1) is 13.9. The molecule has 1 aromatic heterocycles. The zero-order valence-electron chi connectivity index (χ0n) is 12.0. The maximum Gasteiger partial charge on any atom is 0.100 e. The van der Waals surface area contributed by atoms with Crippen molar-refractivity contribution in [2.75, 3.05) is 0 Å². The molecule has 3 heteroatoms. The Morgan fingerprint density at radius 2 is 2.05 bits per heavy atom. The molecule has 0 spiro atoms. The summed E-state index contributed by atoms with van der Waals surface area (Å²) < 4.78 is 0. The first-order valence-corrected chi connectivity index (χ1v) is 8.41. The van der Waals surface area contributed by atoms with Crippen molar-refractivity contribution in [3.8, 4) is 0 Å². The molecule has 20 heavy (non-hydrogen) atoms. The molecule has 0 radical (unpaired) electrons. The molecule has 1 atom stereocenters. The SMILES string of the molecule is CC(N)Cc1cc2ccccc2nc1SC1CCCC1. The van der Waals surface area contributed by atoms with Gasteiger partial charge in [-0.25, -0.2) is 4.98 Å². The average molecular weight is 286 g/mol. The number of fused-ring (bicyclic) bond motifs is 1. The summed E-state index contributed by atoms with van der Waals surface area (Å²) in [6.07, 6.45) is 6.31.